The van der Waals surface area contributed by atoms with Crippen LogP contribution >= 0.6 is 0 Å². The second-order valence-electron chi connectivity index (χ2n) is 13.3. The standard InChI is InChI=1S/C32H35F5N2O8/c1-29(2)42-15-19(44-29)14-39-8-6-17(7-9-39)23-12-22(20-5-4-18(10-24(20)43-23)45-31(33,34)35)38-28(40)30(3)16-41-25-13-27-26(11-21(25)30)46-32(36,37)47-27/h4-5,10-11,13,17,19,22-23H,6-9,12,14-16H2,1-3H3,(H,38,40)/t19-,22-,23-,30-/m0/s1. The predicted octanol–water partition coefficient (Wildman–Crippen LogP) is 5.43. The Morgan fingerprint density at radius 1 is 1.02 bits per heavy atom. The summed E-state index contributed by atoms with van der Waals surface area (Å²) in [5, 5.41) is 3.06. The van der Waals surface area contributed by atoms with Gasteiger partial charge < -0.3 is 43.4 Å². The Bertz CT molecular complexity index is 1550. The van der Waals surface area contributed by atoms with Gasteiger partial charge in [0.1, 0.15) is 35.4 Å². The van der Waals surface area contributed by atoms with Gasteiger partial charge in [0.05, 0.1) is 18.8 Å². The molecule has 5 aliphatic rings. The minimum absolute atomic E-state index is 0.0336. The number of carbonyl (C=O) groups excluding carboxylic acids is 1. The van der Waals surface area contributed by atoms with E-state index in [2.05, 4.69) is 24.4 Å². The summed E-state index contributed by atoms with van der Waals surface area (Å²) in [5.41, 5.74) is -0.444. The van der Waals surface area contributed by atoms with E-state index < -0.39 is 47.7 Å². The van der Waals surface area contributed by atoms with Crippen LogP contribution in [0.3, 0.4) is 0 Å². The van der Waals surface area contributed by atoms with E-state index in [0.29, 0.717) is 24.2 Å². The van der Waals surface area contributed by atoms with Gasteiger partial charge in [-0.1, -0.05) is 0 Å². The number of likely N-dealkylation sites (tertiary alicyclic amines) is 1. The molecule has 7 rings (SSSR count). The van der Waals surface area contributed by atoms with E-state index in [0.717, 1.165) is 32.5 Å². The highest BCUT2D eigenvalue weighted by Crippen LogP contribution is 2.50. The molecule has 0 spiro atoms. The summed E-state index contributed by atoms with van der Waals surface area (Å²) < 4.78 is 104. The maximum absolute atomic E-state index is 14.0. The van der Waals surface area contributed by atoms with Crippen LogP contribution in [0.1, 0.15) is 57.2 Å². The van der Waals surface area contributed by atoms with Crippen molar-refractivity contribution in [3.05, 3.63) is 41.5 Å². The molecule has 256 valence electrons. The van der Waals surface area contributed by atoms with Gasteiger partial charge in [-0.2, -0.15) is 0 Å². The lowest BCUT2D eigenvalue weighted by atomic mass is 9.81. The van der Waals surface area contributed by atoms with Gasteiger partial charge in [-0.25, -0.2) is 0 Å². The summed E-state index contributed by atoms with van der Waals surface area (Å²) in [6.07, 6.45) is -7.26. The van der Waals surface area contributed by atoms with Gasteiger partial charge in [0.25, 0.3) is 0 Å². The van der Waals surface area contributed by atoms with Crippen molar-refractivity contribution in [3.8, 4) is 28.7 Å². The van der Waals surface area contributed by atoms with Gasteiger partial charge >= 0.3 is 12.7 Å². The van der Waals surface area contributed by atoms with Crippen LogP contribution < -0.4 is 29.0 Å². The molecule has 0 aliphatic carbocycles. The molecule has 0 radical (unpaired) electrons. The zero-order valence-electron chi connectivity index (χ0n) is 26.0. The maximum atomic E-state index is 14.0. The smallest absolute Gasteiger partial charge is 0.492 e. The summed E-state index contributed by atoms with van der Waals surface area (Å²) in [6, 6.07) is 5.79. The third-order valence-corrected chi connectivity index (χ3v) is 9.45. The number of ether oxygens (including phenoxy) is 7. The Morgan fingerprint density at radius 2 is 1.74 bits per heavy atom. The van der Waals surface area contributed by atoms with Crippen LogP contribution in [0.4, 0.5) is 22.0 Å². The van der Waals surface area contributed by atoms with Crippen LogP contribution in [-0.4, -0.2) is 74.3 Å². The zero-order chi connectivity index (χ0) is 33.4. The van der Waals surface area contributed by atoms with Gasteiger partial charge in [-0.05, 0) is 70.8 Å². The molecule has 0 bridgehead atoms. The van der Waals surface area contributed by atoms with Crippen LogP contribution in [0, 0.1) is 5.92 Å². The largest absolute Gasteiger partial charge is 0.586 e. The molecule has 0 unspecified atom stereocenters. The van der Waals surface area contributed by atoms with Crippen molar-refractivity contribution in [3.63, 3.8) is 0 Å². The molecular weight excluding hydrogens is 635 g/mol. The van der Waals surface area contributed by atoms with Crippen LogP contribution in [0.15, 0.2) is 30.3 Å². The average molecular weight is 671 g/mol. The fourth-order valence-electron chi connectivity index (χ4n) is 7.08. The fourth-order valence-corrected chi connectivity index (χ4v) is 7.08. The highest BCUT2D eigenvalue weighted by atomic mass is 19.4. The summed E-state index contributed by atoms with van der Waals surface area (Å²) in [6.45, 7) is 8.10. The van der Waals surface area contributed by atoms with E-state index in [1.807, 2.05) is 13.8 Å². The number of amides is 1. The highest BCUT2D eigenvalue weighted by Gasteiger charge is 2.50. The number of hydrogen-bond donors (Lipinski definition) is 1. The first kappa shape index (κ1) is 32.0. The highest BCUT2D eigenvalue weighted by molar-refractivity contribution is 5.90. The Hall–Kier alpha value is -3.56. The molecule has 47 heavy (non-hydrogen) atoms. The van der Waals surface area contributed by atoms with E-state index in [1.54, 1.807) is 6.92 Å². The average Bonchev–Trinajstić information content (AvgIpc) is 3.61. The molecule has 1 N–H and O–H groups in total. The Kier molecular flexibility index (Phi) is 7.67. The minimum Gasteiger partial charge on any atom is -0.492 e. The number of alkyl halides is 5. The monoisotopic (exact) mass is 670 g/mol. The number of carbonyl (C=O) groups is 1. The van der Waals surface area contributed by atoms with Crippen molar-refractivity contribution in [1.29, 1.82) is 0 Å². The first-order valence-electron chi connectivity index (χ1n) is 15.5. The fraction of sp³-hybridized carbons (Fsp3) is 0.594. The Morgan fingerprint density at radius 3 is 2.43 bits per heavy atom. The molecule has 4 atom stereocenters. The van der Waals surface area contributed by atoms with Crippen molar-refractivity contribution >= 4 is 5.91 Å². The van der Waals surface area contributed by atoms with Crippen LogP contribution in [0.5, 0.6) is 28.7 Å². The zero-order valence-corrected chi connectivity index (χ0v) is 26.0. The normalized spacial score (nSPS) is 29.4. The molecule has 2 aromatic rings. The molecular formula is C32H35F5N2O8. The molecule has 2 saturated heterocycles. The second-order valence-corrected chi connectivity index (χ2v) is 13.3. The summed E-state index contributed by atoms with van der Waals surface area (Å²) in [7, 11) is 0. The van der Waals surface area contributed by atoms with Gasteiger partial charge in [0.2, 0.25) is 5.91 Å². The maximum Gasteiger partial charge on any atom is 0.586 e. The van der Waals surface area contributed by atoms with Crippen molar-refractivity contribution in [1.82, 2.24) is 10.2 Å². The Balaban J connectivity index is 1.09. The molecule has 10 nitrogen and oxygen atoms in total. The van der Waals surface area contributed by atoms with Crippen molar-refractivity contribution in [2.24, 2.45) is 5.92 Å². The third kappa shape index (κ3) is 6.49. The third-order valence-electron chi connectivity index (χ3n) is 9.45. The number of benzene rings is 2. The number of nitrogens with one attached hydrogen (secondary N) is 1. The number of nitrogens with zero attached hydrogens (tertiary/aromatic N) is 1. The van der Waals surface area contributed by atoms with Gasteiger partial charge in [-0.15, -0.1) is 22.0 Å². The molecule has 5 aliphatic heterocycles. The van der Waals surface area contributed by atoms with Crippen LogP contribution in [-0.2, 0) is 19.7 Å². The van der Waals surface area contributed by atoms with Gasteiger partial charge in [0, 0.05) is 36.2 Å². The van der Waals surface area contributed by atoms with E-state index in [1.165, 1.54) is 30.3 Å². The summed E-state index contributed by atoms with van der Waals surface area (Å²) in [4.78, 5) is 16.3. The number of halogens is 5. The van der Waals surface area contributed by atoms with Crippen LogP contribution in [0.25, 0.3) is 0 Å². The second kappa shape index (κ2) is 11.3. The van der Waals surface area contributed by atoms with Gasteiger partial charge in [-0.3, -0.25) is 4.79 Å². The first-order valence-corrected chi connectivity index (χ1v) is 15.5. The SMILES string of the molecule is CC1(C)OC[C@H](CN2CCC([C@@H]3C[C@H](NC(=O)[C@@]4(C)COc5cc6c(cc54)OC(F)(F)O6)c4ccc(OC(F)(F)F)cc4O3)CC2)O1. The summed E-state index contributed by atoms with van der Waals surface area (Å²) in [5.74, 6) is -1.44. The van der Waals surface area contributed by atoms with Crippen molar-refractivity contribution in [2.75, 3.05) is 32.8 Å². The molecule has 2 aromatic carbocycles. The number of rotatable bonds is 6. The lowest BCUT2D eigenvalue weighted by Crippen LogP contribution is -2.48. The number of piperidine rings is 1. The Labute approximate surface area is 267 Å². The molecule has 5 heterocycles. The van der Waals surface area contributed by atoms with E-state index in [4.69, 9.17) is 18.9 Å². The number of hydrogen-bond acceptors (Lipinski definition) is 9. The molecule has 1 amide bonds. The summed E-state index contributed by atoms with van der Waals surface area (Å²) >= 11 is 0. The first-order chi connectivity index (χ1) is 22.1. The van der Waals surface area contributed by atoms with E-state index in [9.17, 15) is 26.7 Å². The van der Waals surface area contributed by atoms with E-state index >= 15 is 0 Å². The van der Waals surface area contributed by atoms with Crippen molar-refractivity contribution < 1.29 is 59.9 Å². The van der Waals surface area contributed by atoms with Crippen molar-refractivity contribution in [2.45, 2.75) is 82.1 Å². The van der Waals surface area contributed by atoms with Gasteiger partial charge in [0.15, 0.2) is 17.3 Å². The predicted molar refractivity (Wildman–Crippen MR) is 153 cm³/mol. The molecule has 15 heteroatoms. The lowest BCUT2D eigenvalue weighted by Gasteiger charge is -2.41. The lowest BCUT2D eigenvalue weighted by molar-refractivity contribution is -0.286. The molecule has 2 fully saturated rings. The van der Waals surface area contributed by atoms with E-state index in [-0.39, 0.29) is 41.6 Å². The van der Waals surface area contributed by atoms with Crippen LogP contribution in [0.2, 0.25) is 0 Å². The molecule has 0 saturated carbocycles. The topological polar surface area (TPSA) is 97.0 Å². The molecule has 0 aromatic heterocycles. The number of fused-ring (bicyclic) bond motifs is 3. The quantitative estimate of drug-likeness (QED) is 0.404. The minimum atomic E-state index is -4.89.